The molecule has 88 valence electrons. The summed E-state index contributed by atoms with van der Waals surface area (Å²) < 4.78 is 1.09. The Labute approximate surface area is 115 Å². The van der Waals surface area contributed by atoms with Gasteiger partial charge >= 0.3 is 0 Å². The van der Waals surface area contributed by atoms with Crippen molar-refractivity contribution in [3.8, 4) is 22.5 Å². The molecule has 0 unspecified atom stereocenters. The van der Waals surface area contributed by atoms with Crippen LogP contribution in [0.1, 0.15) is 0 Å². The molecule has 2 aromatic carbocycles. The third-order valence-corrected chi connectivity index (χ3v) is 3.54. The average molecular weight is 298 g/mol. The maximum Gasteiger partial charge on any atom is 0.0603 e. The van der Waals surface area contributed by atoms with Crippen LogP contribution in [0.4, 0.5) is 0 Å². The van der Waals surface area contributed by atoms with Gasteiger partial charge in [0.15, 0.2) is 0 Å². The quantitative estimate of drug-likeness (QED) is 0.676. The highest BCUT2D eigenvalue weighted by Crippen LogP contribution is 2.32. The van der Waals surface area contributed by atoms with Crippen LogP contribution in [0, 0.1) is 0 Å². The number of hydrogen-bond donors (Lipinski definition) is 1. The summed E-state index contributed by atoms with van der Waals surface area (Å²) in [6.07, 6.45) is 0. The highest BCUT2D eigenvalue weighted by molar-refractivity contribution is 9.10. The fraction of sp³-hybridized carbons (Fsp3) is 0. The Morgan fingerprint density at radius 1 is 0.722 bits per heavy atom. The minimum atomic E-state index is 1.09. The SMILES string of the molecule is Brc1cc(-c2ccccc2)[nH]c1-c1ccccc1. The lowest BCUT2D eigenvalue weighted by molar-refractivity contribution is 1.39. The molecule has 0 saturated heterocycles. The number of hydrogen-bond acceptors (Lipinski definition) is 0. The molecule has 0 aliphatic rings. The van der Waals surface area contributed by atoms with Gasteiger partial charge in [-0.1, -0.05) is 60.7 Å². The number of nitrogens with one attached hydrogen (secondary N) is 1. The maximum atomic E-state index is 3.62. The highest BCUT2D eigenvalue weighted by atomic mass is 79.9. The summed E-state index contributed by atoms with van der Waals surface area (Å²) in [7, 11) is 0. The van der Waals surface area contributed by atoms with E-state index in [0.717, 1.165) is 15.9 Å². The lowest BCUT2D eigenvalue weighted by Gasteiger charge is -1.99. The van der Waals surface area contributed by atoms with E-state index in [1.807, 2.05) is 36.4 Å². The molecule has 3 aromatic rings. The van der Waals surface area contributed by atoms with E-state index in [1.54, 1.807) is 0 Å². The van der Waals surface area contributed by atoms with Crippen LogP contribution in [0.3, 0.4) is 0 Å². The lowest BCUT2D eigenvalue weighted by atomic mass is 10.2. The number of rotatable bonds is 2. The third-order valence-electron chi connectivity index (χ3n) is 2.92. The fourth-order valence-electron chi connectivity index (χ4n) is 2.02. The van der Waals surface area contributed by atoms with E-state index < -0.39 is 0 Å². The first-order valence-electron chi connectivity index (χ1n) is 5.84. The van der Waals surface area contributed by atoms with Crippen molar-refractivity contribution in [1.82, 2.24) is 4.98 Å². The van der Waals surface area contributed by atoms with Gasteiger partial charge < -0.3 is 4.98 Å². The Bertz CT molecular complexity index is 641. The van der Waals surface area contributed by atoms with Gasteiger partial charge in [-0.2, -0.15) is 0 Å². The van der Waals surface area contributed by atoms with Crippen LogP contribution in [-0.4, -0.2) is 4.98 Å². The topological polar surface area (TPSA) is 15.8 Å². The van der Waals surface area contributed by atoms with Crippen molar-refractivity contribution in [2.75, 3.05) is 0 Å². The van der Waals surface area contributed by atoms with Gasteiger partial charge in [0.25, 0.3) is 0 Å². The smallest absolute Gasteiger partial charge is 0.0603 e. The molecule has 0 spiro atoms. The molecule has 0 radical (unpaired) electrons. The molecule has 0 saturated carbocycles. The van der Waals surface area contributed by atoms with E-state index in [1.165, 1.54) is 11.1 Å². The molecule has 0 atom stereocenters. The van der Waals surface area contributed by atoms with Gasteiger partial charge in [-0.15, -0.1) is 0 Å². The molecule has 1 nitrogen and oxygen atoms in total. The zero-order valence-corrected chi connectivity index (χ0v) is 11.3. The van der Waals surface area contributed by atoms with Gasteiger partial charge in [0.1, 0.15) is 0 Å². The van der Waals surface area contributed by atoms with Gasteiger partial charge in [-0.05, 0) is 33.1 Å². The van der Waals surface area contributed by atoms with E-state index in [2.05, 4.69) is 51.2 Å². The molecule has 0 fully saturated rings. The van der Waals surface area contributed by atoms with Crippen molar-refractivity contribution in [1.29, 1.82) is 0 Å². The standard InChI is InChI=1S/C16H12BrN/c17-14-11-15(12-7-3-1-4-8-12)18-16(14)13-9-5-2-6-10-13/h1-11,18H. The van der Waals surface area contributed by atoms with Gasteiger partial charge in [0.2, 0.25) is 0 Å². The molecule has 0 aliphatic heterocycles. The van der Waals surface area contributed by atoms with Crippen molar-refractivity contribution in [2.24, 2.45) is 0 Å². The van der Waals surface area contributed by atoms with Gasteiger partial charge in [0, 0.05) is 10.2 Å². The number of halogens is 1. The van der Waals surface area contributed by atoms with Crippen LogP contribution in [-0.2, 0) is 0 Å². The molecule has 0 amide bonds. The summed E-state index contributed by atoms with van der Waals surface area (Å²) in [5.41, 5.74) is 4.63. The number of benzene rings is 2. The summed E-state index contributed by atoms with van der Waals surface area (Å²) in [6.45, 7) is 0. The van der Waals surface area contributed by atoms with E-state index in [4.69, 9.17) is 0 Å². The molecule has 1 N–H and O–H groups in total. The summed E-state index contributed by atoms with van der Waals surface area (Å²) in [5, 5.41) is 0. The first-order valence-corrected chi connectivity index (χ1v) is 6.63. The summed E-state index contributed by atoms with van der Waals surface area (Å²) in [6, 6.07) is 22.8. The van der Waals surface area contributed by atoms with E-state index in [-0.39, 0.29) is 0 Å². The van der Waals surface area contributed by atoms with E-state index in [0.29, 0.717) is 0 Å². The second-order valence-electron chi connectivity index (χ2n) is 4.14. The predicted molar refractivity (Wildman–Crippen MR) is 79.4 cm³/mol. The Balaban J connectivity index is 2.07. The lowest BCUT2D eigenvalue weighted by Crippen LogP contribution is -1.79. The normalized spacial score (nSPS) is 10.5. The number of aromatic nitrogens is 1. The summed E-state index contributed by atoms with van der Waals surface area (Å²) >= 11 is 3.62. The van der Waals surface area contributed by atoms with Crippen LogP contribution in [0.2, 0.25) is 0 Å². The van der Waals surface area contributed by atoms with Crippen LogP contribution in [0.25, 0.3) is 22.5 Å². The van der Waals surface area contributed by atoms with Crippen LogP contribution < -0.4 is 0 Å². The van der Waals surface area contributed by atoms with Crippen LogP contribution in [0.5, 0.6) is 0 Å². The van der Waals surface area contributed by atoms with Crippen molar-refractivity contribution in [2.45, 2.75) is 0 Å². The first kappa shape index (κ1) is 11.3. The fourth-order valence-corrected chi connectivity index (χ4v) is 2.57. The van der Waals surface area contributed by atoms with Gasteiger partial charge in [-0.25, -0.2) is 0 Å². The Kier molecular flexibility index (Phi) is 3.03. The number of H-pyrrole nitrogens is 1. The van der Waals surface area contributed by atoms with Gasteiger partial charge in [0.05, 0.1) is 5.69 Å². The molecule has 1 aromatic heterocycles. The zero-order chi connectivity index (χ0) is 12.4. The molecule has 0 bridgehead atoms. The molecule has 0 aliphatic carbocycles. The maximum absolute atomic E-state index is 3.62. The Morgan fingerprint density at radius 2 is 1.28 bits per heavy atom. The third kappa shape index (κ3) is 2.12. The predicted octanol–water partition coefficient (Wildman–Crippen LogP) is 5.11. The molecular formula is C16H12BrN. The second kappa shape index (κ2) is 4.83. The van der Waals surface area contributed by atoms with Crippen LogP contribution in [0.15, 0.2) is 71.2 Å². The van der Waals surface area contributed by atoms with Crippen molar-refractivity contribution >= 4 is 15.9 Å². The average Bonchev–Trinajstić information content (AvgIpc) is 2.83. The Hall–Kier alpha value is -1.80. The minimum Gasteiger partial charge on any atom is -0.354 e. The summed E-state index contributed by atoms with van der Waals surface area (Å²) in [4.78, 5) is 3.47. The molecule has 18 heavy (non-hydrogen) atoms. The van der Waals surface area contributed by atoms with E-state index >= 15 is 0 Å². The van der Waals surface area contributed by atoms with E-state index in [9.17, 15) is 0 Å². The van der Waals surface area contributed by atoms with Crippen LogP contribution >= 0.6 is 15.9 Å². The molecule has 1 heterocycles. The molecule has 2 heteroatoms. The largest absolute Gasteiger partial charge is 0.354 e. The first-order chi connectivity index (χ1) is 8.84. The molecule has 3 rings (SSSR count). The van der Waals surface area contributed by atoms with Crippen molar-refractivity contribution < 1.29 is 0 Å². The van der Waals surface area contributed by atoms with Crippen molar-refractivity contribution in [3.63, 3.8) is 0 Å². The summed E-state index contributed by atoms with van der Waals surface area (Å²) in [5.74, 6) is 0. The second-order valence-corrected chi connectivity index (χ2v) is 4.99. The monoisotopic (exact) mass is 297 g/mol. The molecular weight excluding hydrogens is 286 g/mol. The highest BCUT2D eigenvalue weighted by Gasteiger charge is 2.08. The van der Waals surface area contributed by atoms with Gasteiger partial charge in [-0.3, -0.25) is 0 Å². The number of aromatic amines is 1. The zero-order valence-electron chi connectivity index (χ0n) is 9.73. The minimum absolute atomic E-state index is 1.09. The Morgan fingerprint density at radius 3 is 1.89 bits per heavy atom. The van der Waals surface area contributed by atoms with Crippen molar-refractivity contribution in [3.05, 3.63) is 71.2 Å².